The maximum absolute atomic E-state index is 13.1. The fraction of sp³-hybridized carbons (Fsp3) is 0.474. The van der Waals surface area contributed by atoms with Crippen molar-refractivity contribution in [2.75, 3.05) is 27.9 Å². The lowest BCUT2D eigenvalue weighted by Crippen LogP contribution is -2.66. The minimum absolute atomic E-state index is 0.0864. The standard InChI is InChI=1S/C19H25N3O9/c1-28-10-6-9(7-11(29-2)15(10)30-3)16(26)19(20)4-5-22(18(27)21-19)17-14(25)13(24)12(8-23)31-17/h4-7,12-14,17,23-25H,8,20H2,1-3H3,(H,21,27)/t12-,13-,14-,17-,19?/m1/s1. The predicted octanol–water partition coefficient (Wildman–Crippen LogP) is -1.47. The van der Waals surface area contributed by atoms with E-state index in [1.165, 1.54) is 45.7 Å². The van der Waals surface area contributed by atoms with Crippen LogP contribution in [0.25, 0.3) is 0 Å². The topological polar surface area (TPSA) is 173 Å². The Balaban J connectivity index is 1.89. The zero-order valence-corrected chi connectivity index (χ0v) is 17.1. The highest BCUT2D eigenvalue weighted by Crippen LogP contribution is 2.39. The number of hydrogen-bond donors (Lipinski definition) is 5. The van der Waals surface area contributed by atoms with Crippen LogP contribution in [0.15, 0.2) is 24.4 Å². The predicted molar refractivity (Wildman–Crippen MR) is 105 cm³/mol. The van der Waals surface area contributed by atoms with Gasteiger partial charge in [-0.15, -0.1) is 0 Å². The van der Waals surface area contributed by atoms with Crippen molar-refractivity contribution in [3.05, 3.63) is 30.0 Å². The first-order valence-electron chi connectivity index (χ1n) is 9.26. The van der Waals surface area contributed by atoms with Gasteiger partial charge in [0.15, 0.2) is 23.4 Å². The fourth-order valence-corrected chi connectivity index (χ4v) is 3.44. The van der Waals surface area contributed by atoms with Crippen molar-refractivity contribution in [3.63, 3.8) is 0 Å². The van der Waals surface area contributed by atoms with Gasteiger partial charge >= 0.3 is 6.03 Å². The zero-order valence-electron chi connectivity index (χ0n) is 17.1. The summed E-state index contributed by atoms with van der Waals surface area (Å²) in [4.78, 5) is 26.7. The van der Waals surface area contributed by atoms with Crippen LogP contribution in [0.1, 0.15) is 10.4 Å². The van der Waals surface area contributed by atoms with Crippen LogP contribution in [0.3, 0.4) is 0 Å². The van der Waals surface area contributed by atoms with Crippen LogP contribution in [0.2, 0.25) is 0 Å². The van der Waals surface area contributed by atoms with Crippen LogP contribution in [0, 0.1) is 0 Å². The lowest BCUT2D eigenvalue weighted by atomic mass is 9.96. The zero-order chi connectivity index (χ0) is 22.9. The number of carbonyl (C=O) groups excluding carboxylic acids is 2. The quantitative estimate of drug-likeness (QED) is 0.316. The number of carbonyl (C=O) groups is 2. The molecule has 3 rings (SSSR count). The van der Waals surface area contributed by atoms with E-state index in [2.05, 4.69) is 5.32 Å². The maximum atomic E-state index is 13.1. The van der Waals surface area contributed by atoms with Crippen LogP contribution in [-0.4, -0.2) is 90.2 Å². The largest absolute Gasteiger partial charge is 0.493 e. The SMILES string of the molecule is COc1cc(C(=O)C2(N)C=CN([C@@H]3O[C@H](CO)[C@@H](O)[C@H]3O)C(=O)N2)cc(OC)c1OC. The number of amides is 2. The highest BCUT2D eigenvalue weighted by Gasteiger charge is 2.49. The summed E-state index contributed by atoms with van der Waals surface area (Å²) in [5.74, 6) is 0.0738. The molecule has 1 aromatic rings. The number of ether oxygens (including phenoxy) is 4. The van der Waals surface area contributed by atoms with E-state index in [1.807, 2.05) is 0 Å². The van der Waals surface area contributed by atoms with Crippen molar-refractivity contribution in [1.82, 2.24) is 10.2 Å². The van der Waals surface area contributed by atoms with E-state index in [0.29, 0.717) is 0 Å². The van der Waals surface area contributed by atoms with Crippen molar-refractivity contribution in [1.29, 1.82) is 0 Å². The molecule has 12 heteroatoms. The molecule has 12 nitrogen and oxygen atoms in total. The summed E-state index contributed by atoms with van der Waals surface area (Å²) in [6.07, 6.45) is -2.80. The van der Waals surface area contributed by atoms with Gasteiger partial charge in [-0.2, -0.15) is 0 Å². The minimum Gasteiger partial charge on any atom is -0.493 e. The molecule has 1 unspecified atom stereocenters. The Hall–Kier alpha value is -2.90. The average Bonchev–Trinajstić information content (AvgIpc) is 3.05. The molecule has 2 aliphatic heterocycles. The summed E-state index contributed by atoms with van der Waals surface area (Å²) in [6, 6.07) is 1.95. The number of benzene rings is 1. The third-order valence-electron chi connectivity index (χ3n) is 5.14. The number of hydrogen-bond acceptors (Lipinski definition) is 10. The van der Waals surface area contributed by atoms with E-state index in [4.69, 9.17) is 24.7 Å². The van der Waals surface area contributed by atoms with Crippen LogP contribution < -0.4 is 25.3 Å². The van der Waals surface area contributed by atoms with Gasteiger partial charge in [-0.05, 0) is 18.2 Å². The monoisotopic (exact) mass is 439 g/mol. The summed E-state index contributed by atoms with van der Waals surface area (Å²) in [5.41, 5.74) is 4.32. The van der Waals surface area contributed by atoms with Crippen LogP contribution in [0.4, 0.5) is 4.79 Å². The molecule has 1 fully saturated rings. The third kappa shape index (κ3) is 3.91. The van der Waals surface area contributed by atoms with Crippen molar-refractivity contribution < 1.29 is 43.9 Å². The molecule has 0 aromatic heterocycles. The van der Waals surface area contributed by atoms with Gasteiger partial charge in [-0.1, -0.05) is 0 Å². The van der Waals surface area contributed by atoms with Gasteiger partial charge in [0.2, 0.25) is 11.5 Å². The molecule has 0 spiro atoms. The molecule has 170 valence electrons. The number of nitrogens with one attached hydrogen (secondary N) is 1. The van der Waals surface area contributed by atoms with E-state index < -0.39 is 48.6 Å². The van der Waals surface area contributed by atoms with E-state index in [0.717, 1.165) is 4.90 Å². The molecule has 1 aromatic carbocycles. The normalized spacial score (nSPS) is 30.2. The Kier molecular flexibility index (Phi) is 6.38. The first-order valence-corrected chi connectivity index (χ1v) is 9.26. The molecule has 0 aliphatic carbocycles. The van der Waals surface area contributed by atoms with E-state index in [9.17, 15) is 24.9 Å². The van der Waals surface area contributed by atoms with Gasteiger partial charge in [-0.3, -0.25) is 15.4 Å². The van der Waals surface area contributed by atoms with Gasteiger partial charge in [0.25, 0.3) is 0 Å². The number of aliphatic hydroxyl groups excluding tert-OH is 3. The first-order chi connectivity index (χ1) is 14.7. The molecule has 0 radical (unpaired) electrons. The van der Waals surface area contributed by atoms with Crippen LogP contribution >= 0.6 is 0 Å². The molecule has 2 amide bonds. The highest BCUT2D eigenvalue weighted by molar-refractivity contribution is 6.07. The number of rotatable bonds is 7. The summed E-state index contributed by atoms with van der Waals surface area (Å²) >= 11 is 0. The molecule has 2 aliphatic rings. The molecular formula is C19H25N3O9. The first kappa shape index (κ1) is 22.8. The number of urea groups is 1. The number of ketones is 1. The second kappa shape index (κ2) is 8.69. The smallest absolute Gasteiger partial charge is 0.325 e. The van der Waals surface area contributed by atoms with Crippen molar-refractivity contribution in [2.24, 2.45) is 5.73 Å². The van der Waals surface area contributed by atoms with E-state index in [1.54, 1.807) is 0 Å². The van der Waals surface area contributed by atoms with Gasteiger partial charge in [0.1, 0.15) is 18.3 Å². The average molecular weight is 439 g/mol. The summed E-state index contributed by atoms with van der Waals surface area (Å²) in [6.45, 7) is -0.547. The van der Waals surface area contributed by atoms with Gasteiger partial charge in [0, 0.05) is 11.8 Å². The lowest BCUT2D eigenvalue weighted by molar-refractivity contribution is -0.0666. The fourth-order valence-electron chi connectivity index (χ4n) is 3.44. The Morgan fingerprint density at radius 3 is 2.26 bits per heavy atom. The Morgan fingerprint density at radius 1 is 1.19 bits per heavy atom. The van der Waals surface area contributed by atoms with Gasteiger partial charge < -0.3 is 39.6 Å². The summed E-state index contributed by atoms with van der Waals surface area (Å²) < 4.78 is 21.0. The Bertz CT molecular complexity index is 867. The second-order valence-electron chi connectivity index (χ2n) is 6.99. The van der Waals surface area contributed by atoms with Crippen molar-refractivity contribution >= 4 is 11.8 Å². The maximum Gasteiger partial charge on any atom is 0.325 e. The lowest BCUT2D eigenvalue weighted by Gasteiger charge is -2.36. The van der Waals surface area contributed by atoms with Crippen LogP contribution in [-0.2, 0) is 4.74 Å². The molecule has 31 heavy (non-hydrogen) atoms. The van der Waals surface area contributed by atoms with Gasteiger partial charge in [-0.25, -0.2) is 4.79 Å². The Morgan fingerprint density at radius 2 is 1.81 bits per heavy atom. The molecular weight excluding hydrogens is 414 g/mol. The van der Waals surface area contributed by atoms with E-state index in [-0.39, 0.29) is 22.8 Å². The molecule has 0 bridgehead atoms. The second-order valence-corrected chi connectivity index (χ2v) is 6.99. The van der Waals surface area contributed by atoms with Crippen molar-refractivity contribution in [2.45, 2.75) is 30.2 Å². The van der Waals surface area contributed by atoms with E-state index >= 15 is 0 Å². The molecule has 2 heterocycles. The van der Waals surface area contributed by atoms with Gasteiger partial charge in [0.05, 0.1) is 27.9 Å². The van der Waals surface area contributed by atoms with Crippen molar-refractivity contribution in [3.8, 4) is 17.2 Å². The number of Topliss-reactive ketones (excluding diaryl/α,β-unsaturated/α-hetero) is 1. The number of nitrogens with two attached hydrogens (primary N) is 1. The molecule has 0 saturated carbocycles. The third-order valence-corrected chi connectivity index (χ3v) is 5.14. The molecule has 1 saturated heterocycles. The molecule has 5 atom stereocenters. The minimum atomic E-state index is -1.92. The summed E-state index contributed by atoms with van der Waals surface area (Å²) in [5, 5.41) is 31.6. The number of nitrogens with zero attached hydrogens (tertiary/aromatic N) is 1. The highest BCUT2D eigenvalue weighted by atomic mass is 16.6. The number of methoxy groups -OCH3 is 3. The van der Waals surface area contributed by atoms with Crippen LogP contribution in [0.5, 0.6) is 17.2 Å². The summed E-state index contributed by atoms with van der Waals surface area (Å²) in [7, 11) is 4.21. The number of aliphatic hydroxyl groups is 3. The molecule has 6 N–H and O–H groups in total. The Labute approximate surface area is 177 Å².